The van der Waals surface area contributed by atoms with Crippen molar-refractivity contribution < 1.29 is 31.1 Å². The molecule has 0 spiro atoms. The number of nitrogens with zero attached hydrogens (tertiary/aromatic N) is 4. The van der Waals surface area contributed by atoms with Crippen molar-refractivity contribution in [3.05, 3.63) is 52.7 Å². The Hall–Kier alpha value is -2.85. The minimum atomic E-state index is -5.00. The Kier molecular flexibility index (Phi) is 5.42. The number of piperazine rings is 1. The van der Waals surface area contributed by atoms with E-state index in [0.29, 0.717) is 31.0 Å². The minimum Gasteiger partial charge on any atom is -0.352 e. The third-order valence-corrected chi connectivity index (χ3v) is 4.51. The summed E-state index contributed by atoms with van der Waals surface area (Å²) in [5, 5.41) is 7.97. The monoisotopic (exact) mass is 418 g/mol. The Morgan fingerprint density at radius 1 is 0.862 bits per heavy atom. The number of anilines is 1. The first kappa shape index (κ1) is 20.9. The molecule has 3 rings (SSSR count). The van der Waals surface area contributed by atoms with Gasteiger partial charge in [-0.2, -0.15) is 31.4 Å². The molecular formula is C18H16F6N4O. The molecule has 0 radical (unpaired) electrons. The van der Waals surface area contributed by atoms with Crippen LogP contribution in [0.25, 0.3) is 0 Å². The van der Waals surface area contributed by atoms with Crippen LogP contribution < -0.4 is 4.90 Å². The number of carbonyl (C=O) groups is 1. The highest BCUT2D eigenvalue weighted by Crippen LogP contribution is 2.36. The highest BCUT2D eigenvalue weighted by Gasteiger charge is 2.38. The number of halogens is 6. The van der Waals surface area contributed by atoms with Crippen LogP contribution >= 0.6 is 0 Å². The van der Waals surface area contributed by atoms with E-state index in [1.165, 1.54) is 4.90 Å². The number of benzene rings is 1. The Bertz CT molecular complexity index is 854. The summed E-state index contributed by atoms with van der Waals surface area (Å²) in [5.41, 5.74) is -2.93. The molecule has 2 heterocycles. The Morgan fingerprint density at radius 3 is 1.86 bits per heavy atom. The largest absolute Gasteiger partial charge is 0.416 e. The summed E-state index contributed by atoms with van der Waals surface area (Å²) >= 11 is 0. The van der Waals surface area contributed by atoms with Crippen LogP contribution in [-0.2, 0) is 12.4 Å². The molecule has 1 amide bonds. The lowest BCUT2D eigenvalue weighted by Crippen LogP contribution is -2.49. The van der Waals surface area contributed by atoms with E-state index < -0.39 is 35.0 Å². The summed E-state index contributed by atoms with van der Waals surface area (Å²) in [5.74, 6) is -0.294. The van der Waals surface area contributed by atoms with E-state index in [2.05, 4.69) is 10.2 Å². The van der Waals surface area contributed by atoms with Crippen molar-refractivity contribution in [1.82, 2.24) is 15.1 Å². The maximum Gasteiger partial charge on any atom is 0.416 e. The van der Waals surface area contributed by atoms with Gasteiger partial charge in [0.25, 0.3) is 5.91 Å². The number of amides is 1. The van der Waals surface area contributed by atoms with Gasteiger partial charge >= 0.3 is 12.4 Å². The fourth-order valence-electron chi connectivity index (χ4n) is 2.96. The van der Waals surface area contributed by atoms with Gasteiger partial charge < -0.3 is 9.80 Å². The molecule has 0 atom stereocenters. The summed E-state index contributed by atoms with van der Waals surface area (Å²) in [7, 11) is 0. The van der Waals surface area contributed by atoms with Crippen LogP contribution in [0.15, 0.2) is 30.3 Å². The highest BCUT2D eigenvalue weighted by atomic mass is 19.4. The molecule has 0 N–H and O–H groups in total. The van der Waals surface area contributed by atoms with Gasteiger partial charge in [0.05, 0.1) is 16.8 Å². The molecule has 1 fully saturated rings. The van der Waals surface area contributed by atoms with Crippen molar-refractivity contribution >= 4 is 11.7 Å². The van der Waals surface area contributed by atoms with Gasteiger partial charge in [0.2, 0.25) is 0 Å². The molecule has 1 aromatic carbocycles. The predicted molar refractivity (Wildman–Crippen MR) is 91.3 cm³/mol. The van der Waals surface area contributed by atoms with Crippen molar-refractivity contribution in [2.75, 3.05) is 31.1 Å². The topological polar surface area (TPSA) is 49.3 Å². The van der Waals surface area contributed by atoms with E-state index >= 15 is 0 Å². The van der Waals surface area contributed by atoms with Gasteiger partial charge in [0.1, 0.15) is 0 Å². The molecule has 0 bridgehead atoms. The van der Waals surface area contributed by atoms with Crippen LogP contribution in [0.4, 0.5) is 32.2 Å². The summed E-state index contributed by atoms with van der Waals surface area (Å²) in [6.07, 6.45) is -10.0. The van der Waals surface area contributed by atoms with Crippen LogP contribution in [0.2, 0.25) is 0 Å². The van der Waals surface area contributed by atoms with Crippen molar-refractivity contribution in [2.24, 2.45) is 0 Å². The molecule has 0 aliphatic carbocycles. The summed E-state index contributed by atoms with van der Waals surface area (Å²) in [6, 6.07) is 4.43. The van der Waals surface area contributed by atoms with Crippen molar-refractivity contribution in [1.29, 1.82) is 0 Å². The van der Waals surface area contributed by atoms with E-state index in [0.717, 1.165) is 5.69 Å². The van der Waals surface area contributed by atoms with Gasteiger partial charge in [0, 0.05) is 31.7 Å². The van der Waals surface area contributed by atoms with E-state index in [9.17, 15) is 31.1 Å². The minimum absolute atomic E-state index is 0.00474. The number of hydrogen-bond donors (Lipinski definition) is 0. The van der Waals surface area contributed by atoms with Crippen LogP contribution in [0.5, 0.6) is 0 Å². The molecule has 1 saturated heterocycles. The number of aryl methyl sites for hydroxylation is 1. The average molecular weight is 418 g/mol. The molecule has 29 heavy (non-hydrogen) atoms. The predicted octanol–water partition coefficient (Wildman–Crippen LogP) is 3.79. The zero-order valence-corrected chi connectivity index (χ0v) is 15.2. The normalized spacial score (nSPS) is 15.6. The van der Waals surface area contributed by atoms with Crippen LogP contribution in [-0.4, -0.2) is 47.2 Å². The molecule has 5 nitrogen and oxygen atoms in total. The van der Waals surface area contributed by atoms with Gasteiger partial charge in [-0.05, 0) is 37.3 Å². The van der Waals surface area contributed by atoms with Crippen LogP contribution in [0.3, 0.4) is 0 Å². The zero-order valence-electron chi connectivity index (χ0n) is 15.2. The average Bonchev–Trinajstić information content (AvgIpc) is 2.66. The van der Waals surface area contributed by atoms with Gasteiger partial charge in [-0.3, -0.25) is 4.79 Å². The third kappa shape index (κ3) is 4.77. The maximum atomic E-state index is 13.0. The fourth-order valence-corrected chi connectivity index (χ4v) is 2.96. The highest BCUT2D eigenvalue weighted by molar-refractivity contribution is 5.95. The molecule has 1 aliphatic heterocycles. The number of aromatic nitrogens is 2. The fraction of sp³-hybridized carbons (Fsp3) is 0.389. The number of alkyl halides is 6. The molecule has 0 unspecified atom stereocenters. The lowest BCUT2D eigenvalue weighted by molar-refractivity contribution is -0.143. The van der Waals surface area contributed by atoms with Crippen molar-refractivity contribution in [3.8, 4) is 0 Å². The maximum absolute atomic E-state index is 13.0. The van der Waals surface area contributed by atoms with Gasteiger partial charge in [-0.15, -0.1) is 5.10 Å². The van der Waals surface area contributed by atoms with Crippen molar-refractivity contribution in [3.63, 3.8) is 0 Å². The SMILES string of the molecule is Cc1ccc(N2CCN(C(=O)c3cc(C(F)(F)F)cc(C(F)(F)F)c3)CC2)nn1. The first-order chi connectivity index (χ1) is 13.4. The first-order valence-electron chi connectivity index (χ1n) is 8.59. The van der Waals surface area contributed by atoms with Gasteiger partial charge in [-0.1, -0.05) is 0 Å². The number of rotatable bonds is 2. The number of carbonyl (C=O) groups excluding carboxylic acids is 1. The van der Waals surface area contributed by atoms with Gasteiger partial charge in [-0.25, -0.2) is 0 Å². The summed E-state index contributed by atoms with van der Waals surface area (Å²) < 4.78 is 78.0. The van der Waals surface area contributed by atoms with Crippen LogP contribution in [0.1, 0.15) is 27.2 Å². The molecule has 2 aromatic rings. The third-order valence-electron chi connectivity index (χ3n) is 4.51. The lowest BCUT2D eigenvalue weighted by Gasteiger charge is -2.35. The standard InChI is InChI=1S/C18H16F6N4O/c1-11-2-3-15(26-25-11)27-4-6-28(7-5-27)16(29)12-8-13(17(19,20)21)10-14(9-12)18(22,23)24/h2-3,8-10H,4-7H2,1H3. The molecular weight excluding hydrogens is 402 g/mol. The number of hydrogen-bond acceptors (Lipinski definition) is 4. The lowest BCUT2D eigenvalue weighted by atomic mass is 10.0. The zero-order chi connectivity index (χ0) is 21.4. The van der Waals surface area contributed by atoms with Crippen LogP contribution in [0, 0.1) is 6.92 Å². The summed E-state index contributed by atoms with van der Waals surface area (Å²) in [4.78, 5) is 15.7. The molecule has 1 aliphatic rings. The second-order valence-corrected chi connectivity index (χ2v) is 6.61. The first-order valence-corrected chi connectivity index (χ1v) is 8.59. The van der Waals surface area contributed by atoms with Gasteiger partial charge in [0.15, 0.2) is 5.82 Å². The van der Waals surface area contributed by atoms with Crippen molar-refractivity contribution in [2.45, 2.75) is 19.3 Å². The van der Waals surface area contributed by atoms with E-state index in [1.54, 1.807) is 19.1 Å². The smallest absolute Gasteiger partial charge is 0.352 e. The Balaban J connectivity index is 1.79. The second-order valence-electron chi connectivity index (χ2n) is 6.61. The summed E-state index contributed by atoms with van der Waals surface area (Å²) in [6.45, 7) is 2.69. The van der Waals surface area contributed by atoms with E-state index in [-0.39, 0.29) is 19.2 Å². The Morgan fingerprint density at radius 2 is 1.41 bits per heavy atom. The molecule has 0 saturated carbocycles. The molecule has 156 valence electrons. The molecule has 11 heteroatoms. The molecule has 1 aromatic heterocycles. The van der Waals surface area contributed by atoms with E-state index in [1.807, 2.05) is 4.90 Å². The second kappa shape index (κ2) is 7.53. The van der Waals surface area contributed by atoms with E-state index in [4.69, 9.17) is 0 Å². The Labute approximate surface area is 161 Å². The quantitative estimate of drug-likeness (QED) is 0.697.